The van der Waals surface area contributed by atoms with E-state index in [4.69, 9.17) is 26.8 Å². The third-order valence-corrected chi connectivity index (χ3v) is 3.47. The summed E-state index contributed by atoms with van der Waals surface area (Å²) < 4.78 is 11.6. The molecule has 0 aromatic heterocycles. The lowest BCUT2D eigenvalue weighted by Crippen LogP contribution is -2.59. The van der Waals surface area contributed by atoms with E-state index in [1.165, 1.54) is 0 Å². The molecule has 0 heterocycles. The van der Waals surface area contributed by atoms with Crippen molar-refractivity contribution in [2.24, 2.45) is 5.73 Å². The first kappa shape index (κ1) is 13.7. The lowest BCUT2D eigenvalue weighted by atomic mass is 9.86. The molecule has 3 atom stereocenters. The van der Waals surface area contributed by atoms with Crippen LogP contribution in [0.25, 0.3) is 0 Å². The smallest absolute Gasteiger partial charge is 0.138 e. The second-order valence-corrected chi connectivity index (χ2v) is 5.23. The number of benzene rings is 1. The Morgan fingerprint density at radius 1 is 1.44 bits per heavy atom. The Hall–Kier alpha value is -0.770. The third kappa shape index (κ3) is 2.97. The Morgan fingerprint density at radius 2 is 2.22 bits per heavy atom. The lowest BCUT2D eigenvalue weighted by Gasteiger charge is -2.41. The van der Waals surface area contributed by atoms with Crippen molar-refractivity contribution in [3.05, 3.63) is 28.8 Å². The van der Waals surface area contributed by atoms with Gasteiger partial charge < -0.3 is 15.2 Å². The zero-order valence-corrected chi connectivity index (χ0v) is 11.6. The number of hydrogen-bond donors (Lipinski definition) is 1. The molecule has 0 bridgehead atoms. The first-order valence-corrected chi connectivity index (χ1v) is 6.79. The van der Waals surface area contributed by atoms with Gasteiger partial charge in [0.15, 0.2) is 0 Å². The molecule has 1 aromatic carbocycles. The molecular formula is C14H20ClNO2. The number of aryl methyl sites for hydroxylation is 1. The van der Waals surface area contributed by atoms with Crippen molar-refractivity contribution in [1.82, 2.24) is 0 Å². The highest BCUT2D eigenvalue weighted by molar-refractivity contribution is 6.32. The molecular weight excluding hydrogens is 250 g/mol. The largest absolute Gasteiger partial charge is 0.486 e. The Balaban J connectivity index is 1.96. The predicted molar refractivity (Wildman–Crippen MR) is 73.2 cm³/mol. The van der Waals surface area contributed by atoms with E-state index in [2.05, 4.69) is 6.92 Å². The minimum atomic E-state index is -0.0117. The molecule has 0 aliphatic heterocycles. The first-order chi connectivity index (χ1) is 8.61. The van der Waals surface area contributed by atoms with Crippen LogP contribution >= 0.6 is 11.6 Å². The van der Waals surface area contributed by atoms with E-state index in [0.717, 1.165) is 25.0 Å². The quantitative estimate of drug-likeness (QED) is 0.894. The van der Waals surface area contributed by atoms with Gasteiger partial charge in [-0.1, -0.05) is 24.6 Å². The molecule has 0 radical (unpaired) electrons. The van der Waals surface area contributed by atoms with Crippen molar-refractivity contribution in [2.75, 3.05) is 6.61 Å². The van der Waals surface area contributed by atoms with Crippen LogP contribution in [0.2, 0.25) is 5.02 Å². The van der Waals surface area contributed by atoms with Crippen LogP contribution in [0.15, 0.2) is 18.2 Å². The van der Waals surface area contributed by atoms with E-state index >= 15 is 0 Å². The van der Waals surface area contributed by atoms with Gasteiger partial charge in [-0.3, -0.25) is 0 Å². The van der Waals surface area contributed by atoms with Crippen molar-refractivity contribution in [3.63, 3.8) is 0 Å². The molecule has 0 spiro atoms. The molecule has 1 aromatic rings. The normalized spacial score (nSPS) is 26.8. The second-order valence-electron chi connectivity index (χ2n) is 4.83. The van der Waals surface area contributed by atoms with E-state index in [-0.39, 0.29) is 18.2 Å². The Labute approximate surface area is 113 Å². The summed E-state index contributed by atoms with van der Waals surface area (Å²) in [7, 11) is 0. The SMILES string of the molecule is CCCOC1C(N)CC1Oc1ccc(C)cc1Cl. The molecule has 3 nitrogen and oxygen atoms in total. The summed E-state index contributed by atoms with van der Waals surface area (Å²) in [5.41, 5.74) is 7.05. The molecule has 2 N–H and O–H groups in total. The average molecular weight is 270 g/mol. The predicted octanol–water partition coefficient (Wildman–Crippen LogP) is 2.92. The molecule has 1 saturated carbocycles. The van der Waals surface area contributed by atoms with Crippen LogP contribution in [0.4, 0.5) is 0 Å². The maximum absolute atomic E-state index is 6.15. The van der Waals surface area contributed by atoms with Crippen LogP contribution in [0, 0.1) is 6.92 Å². The zero-order chi connectivity index (χ0) is 13.1. The summed E-state index contributed by atoms with van der Waals surface area (Å²) in [6.45, 7) is 4.80. The molecule has 1 aliphatic carbocycles. The average Bonchev–Trinajstić information content (AvgIpc) is 2.32. The molecule has 4 heteroatoms. The molecule has 0 saturated heterocycles. The van der Waals surface area contributed by atoms with Gasteiger partial charge >= 0.3 is 0 Å². The lowest BCUT2D eigenvalue weighted by molar-refractivity contribution is -0.0979. The highest BCUT2D eigenvalue weighted by Crippen LogP contribution is 2.32. The van der Waals surface area contributed by atoms with Crippen molar-refractivity contribution in [1.29, 1.82) is 0 Å². The van der Waals surface area contributed by atoms with Gasteiger partial charge in [-0.2, -0.15) is 0 Å². The molecule has 0 amide bonds. The molecule has 18 heavy (non-hydrogen) atoms. The van der Waals surface area contributed by atoms with E-state index in [1.54, 1.807) is 0 Å². The van der Waals surface area contributed by atoms with Crippen molar-refractivity contribution in [2.45, 2.75) is 44.9 Å². The summed E-state index contributed by atoms with van der Waals surface area (Å²) in [5, 5.41) is 0.643. The van der Waals surface area contributed by atoms with Gasteiger partial charge in [0, 0.05) is 19.1 Å². The fourth-order valence-electron chi connectivity index (χ4n) is 2.08. The Morgan fingerprint density at radius 3 is 2.83 bits per heavy atom. The molecule has 3 unspecified atom stereocenters. The first-order valence-electron chi connectivity index (χ1n) is 6.41. The minimum Gasteiger partial charge on any atom is -0.486 e. The summed E-state index contributed by atoms with van der Waals surface area (Å²) in [6.07, 6.45) is 1.81. The van der Waals surface area contributed by atoms with Crippen molar-refractivity contribution >= 4 is 11.6 Å². The number of nitrogens with two attached hydrogens (primary N) is 1. The van der Waals surface area contributed by atoms with Gasteiger partial charge in [0.2, 0.25) is 0 Å². The van der Waals surface area contributed by atoms with Crippen molar-refractivity contribution < 1.29 is 9.47 Å². The van der Waals surface area contributed by atoms with Crippen LogP contribution in [0.3, 0.4) is 0 Å². The summed E-state index contributed by atoms with van der Waals surface area (Å²) in [5.74, 6) is 0.712. The maximum atomic E-state index is 6.15. The summed E-state index contributed by atoms with van der Waals surface area (Å²) >= 11 is 6.15. The number of hydrogen-bond acceptors (Lipinski definition) is 3. The Bertz CT molecular complexity index is 411. The van der Waals surface area contributed by atoms with E-state index in [0.29, 0.717) is 10.8 Å². The van der Waals surface area contributed by atoms with Gasteiger partial charge in [-0.15, -0.1) is 0 Å². The topological polar surface area (TPSA) is 44.5 Å². The van der Waals surface area contributed by atoms with E-state index < -0.39 is 0 Å². The van der Waals surface area contributed by atoms with Gasteiger partial charge in [0.25, 0.3) is 0 Å². The van der Waals surface area contributed by atoms with Crippen LogP contribution in [0.5, 0.6) is 5.75 Å². The van der Waals surface area contributed by atoms with Crippen LogP contribution < -0.4 is 10.5 Å². The number of rotatable bonds is 5. The summed E-state index contributed by atoms with van der Waals surface area (Å²) in [6, 6.07) is 5.86. The van der Waals surface area contributed by atoms with E-state index in [9.17, 15) is 0 Å². The van der Waals surface area contributed by atoms with E-state index in [1.807, 2.05) is 25.1 Å². The third-order valence-electron chi connectivity index (χ3n) is 3.17. The standard InChI is InChI=1S/C14H20ClNO2/c1-3-6-17-14-11(16)8-13(14)18-12-5-4-9(2)7-10(12)15/h4-5,7,11,13-14H,3,6,8,16H2,1-2H3. The fourth-order valence-corrected chi connectivity index (χ4v) is 2.36. The fraction of sp³-hybridized carbons (Fsp3) is 0.571. The Kier molecular flexibility index (Phi) is 4.49. The van der Waals surface area contributed by atoms with Gasteiger partial charge in [-0.05, 0) is 31.0 Å². The minimum absolute atomic E-state index is 0.0117. The monoisotopic (exact) mass is 269 g/mol. The maximum Gasteiger partial charge on any atom is 0.138 e. The van der Waals surface area contributed by atoms with Crippen LogP contribution in [0.1, 0.15) is 25.3 Å². The highest BCUT2D eigenvalue weighted by atomic mass is 35.5. The summed E-state index contributed by atoms with van der Waals surface area (Å²) in [4.78, 5) is 0. The van der Waals surface area contributed by atoms with Gasteiger partial charge in [-0.25, -0.2) is 0 Å². The molecule has 1 fully saturated rings. The highest BCUT2D eigenvalue weighted by Gasteiger charge is 2.41. The zero-order valence-electron chi connectivity index (χ0n) is 10.9. The van der Waals surface area contributed by atoms with Crippen molar-refractivity contribution in [3.8, 4) is 5.75 Å². The second kappa shape index (κ2) is 5.91. The van der Waals surface area contributed by atoms with Crippen LogP contribution in [-0.2, 0) is 4.74 Å². The number of ether oxygens (including phenoxy) is 2. The van der Waals surface area contributed by atoms with Gasteiger partial charge in [0.05, 0.1) is 5.02 Å². The van der Waals surface area contributed by atoms with Gasteiger partial charge in [0.1, 0.15) is 18.0 Å². The molecule has 100 valence electrons. The molecule has 2 rings (SSSR count). The molecule has 1 aliphatic rings. The number of halogens is 1. The van der Waals surface area contributed by atoms with Crippen LogP contribution in [-0.4, -0.2) is 24.9 Å².